The monoisotopic (exact) mass is 422 g/mol. The van der Waals surface area contributed by atoms with Crippen molar-refractivity contribution < 1.29 is 14.2 Å². The van der Waals surface area contributed by atoms with Gasteiger partial charge in [0.25, 0.3) is 5.56 Å². The molecule has 154 valence electrons. The van der Waals surface area contributed by atoms with Crippen molar-refractivity contribution in [2.75, 3.05) is 6.61 Å². The van der Waals surface area contributed by atoms with Crippen molar-refractivity contribution in [1.82, 2.24) is 9.55 Å². The van der Waals surface area contributed by atoms with Crippen LogP contribution in [0.3, 0.4) is 0 Å². The molecule has 0 radical (unpaired) electrons. The molecule has 3 aromatic rings. The second-order valence-electron chi connectivity index (χ2n) is 7.37. The van der Waals surface area contributed by atoms with Gasteiger partial charge in [-0.15, -0.1) is 11.8 Å². The van der Waals surface area contributed by atoms with Gasteiger partial charge < -0.3 is 14.2 Å². The second kappa shape index (κ2) is 8.63. The van der Waals surface area contributed by atoms with Crippen molar-refractivity contribution in [2.45, 2.75) is 36.0 Å². The van der Waals surface area contributed by atoms with E-state index in [1.165, 1.54) is 6.07 Å². The summed E-state index contributed by atoms with van der Waals surface area (Å²) in [5.41, 5.74) is 1.96. The number of thioether (sulfide) groups is 1. The van der Waals surface area contributed by atoms with Crippen LogP contribution in [-0.4, -0.2) is 33.6 Å². The number of hydrogen-bond donors (Lipinski definition) is 0. The fraction of sp³-hybridized carbons (Fsp3) is 0.304. The highest BCUT2D eigenvalue weighted by Crippen LogP contribution is 2.49. The Labute approximate surface area is 178 Å². The van der Waals surface area contributed by atoms with Crippen molar-refractivity contribution in [1.29, 1.82) is 0 Å². The van der Waals surface area contributed by atoms with E-state index in [2.05, 4.69) is 17.1 Å². The molecule has 0 saturated carbocycles. The molecule has 3 heterocycles. The zero-order valence-corrected chi connectivity index (χ0v) is 17.1. The van der Waals surface area contributed by atoms with Gasteiger partial charge in [0.1, 0.15) is 11.5 Å². The van der Waals surface area contributed by atoms with Gasteiger partial charge in [-0.05, 0) is 11.1 Å². The van der Waals surface area contributed by atoms with Crippen LogP contribution in [-0.2, 0) is 22.7 Å². The Hall–Kier alpha value is -2.61. The molecule has 0 unspecified atom stereocenters. The summed E-state index contributed by atoms with van der Waals surface area (Å²) in [6, 6.07) is 22.1. The van der Waals surface area contributed by atoms with E-state index >= 15 is 0 Å². The summed E-state index contributed by atoms with van der Waals surface area (Å²) in [5, 5.41) is 0.124. The molecule has 0 aliphatic carbocycles. The number of fused-ring (bicyclic) bond motifs is 3. The van der Waals surface area contributed by atoms with Crippen molar-refractivity contribution in [2.24, 2.45) is 0 Å². The summed E-state index contributed by atoms with van der Waals surface area (Å²) >= 11 is 1.75. The van der Waals surface area contributed by atoms with Crippen molar-refractivity contribution in [3.8, 4) is 6.01 Å². The van der Waals surface area contributed by atoms with E-state index in [1.54, 1.807) is 18.0 Å². The quantitative estimate of drug-likeness (QED) is 0.581. The lowest BCUT2D eigenvalue weighted by atomic mass is 10.1. The van der Waals surface area contributed by atoms with Gasteiger partial charge in [-0.25, -0.2) is 0 Å². The zero-order valence-electron chi connectivity index (χ0n) is 16.3. The zero-order chi connectivity index (χ0) is 20.3. The number of rotatable bonds is 7. The van der Waals surface area contributed by atoms with Gasteiger partial charge in [-0.3, -0.25) is 9.36 Å². The molecule has 0 amide bonds. The minimum absolute atomic E-state index is 0.0131. The van der Waals surface area contributed by atoms with Crippen LogP contribution < -0.4 is 10.3 Å². The van der Waals surface area contributed by atoms with Crippen molar-refractivity contribution >= 4 is 11.8 Å². The molecule has 2 aliphatic heterocycles. The Bertz CT molecular complexity index is 1040. The van der Waals surface area contributed by atoms with E-state index in [-0.39, 0.29) is 28.4 Å². The summed E-state index contributed by atoms with van der Waals surface area (Å²) in [5.74, 6) is 0. The van der Waals surface area contributed by atoms with E-state index in [1.807, 2.05) is 53.1 Å². The summed E-state index contributed by atoms with van der Waals surface area (Å²) in [6.45, 7) is 1.61. The van der Waals surface area contributed by atoms with E-state index in [9.17, 15) is 4.79 Å². The van der Waals surface area contributed by atoms with Crippen LogP contribution in [0.4, 0.5) is 0 Å². The lowest BCUT2D eigenvalue weighted by Gasteiger charge is -2.23. The van der Waals surface area contributed by atoms with Crippen molar-refractivity contribution in [3.63, 3.8) is 0 Å². The molecular formula is C23H22N2O4S. The van der Waals surface area contributed by atoms with Crippen molar-refractivity contribution in [3.05, 3.63) is 94.4 Å². The predicted octanol–water partition coefficient (Wildman–Crippen LogP) is 3.42. The third kappa shape index (κ3) is 4.01. The van der Waals surface area contributed by atoms with Crippen LogP contribution >= 0.6 is 11.8 Å². The molecule has 0 bridgehead atoms. The molecule has 7 heteroatoms. The molecule has 6 nitrogen and oxygen atoms in total. The van der Waals surface area contributed by atoms with E-state index in [0.717, 1.165) is 11.1 Å². The number of nitrogens with zero attached hydrogens (tertiary/aromatic N) is 2. The van der Waals surface area contributed by atoms with E-state index < -0.39 is 0 Å². The van der Waals surface area contributed by atoms with Gasteiger partial charge in [0.2, 0.25) is 0 Å². The largest absolute Gasteiger partial charge is 0.455 e. The second-order valence-corrected chi connectivity index (χ2v) is 8.73. The first kappa shape index (κ1) is 19.4. The lowest BCUT2D eigenvalue weighted by Crippen LogP contribution is -2.37. The minimum atomic E-state index is -0.296. The first-order chi connectivity index (χ1) is 14.8. The number of benzene rings is 2. The van der Waals surface area contributed by atoms with Crippen LogP contribution in [0.5, 0.6) is 6.01 Å². The summed E-state index contributed by atoms with van der Waals surface area (Å²) < 4.78 is 20.3. The van der Waals surface area contributed by atoms with Gasteiger partial charge in [0.05, 0.1) is 25.1 Å². The fourth-order valence-corrected chi connectivity index (χ4v) is 5.40. The van der Waals surface area contributed by atoms with Gasteiger partial charge in [-0.1, -0.05) is 60.7 Å². The number of aromatic nitrogens is 2. The molecule has 4 atom stereocenters. The lowest BCUT2D eigenvalue weighted by molar-refractivity contribution is -0.0360. The Morgan fingerprint density at radius 2 is 1.67 bits per heavy atom. The molecule has 1 saturated heterocycles. The fourth-order valence-electron chi connectivity index (χ4n) is 3.83. The average molecular weight is 423 g/mol. The maximum absolute atomic E-state index is 11.6. The molecule has 1 fully saturated rings. The number of hydrogen-bond acceptors (Lipinski definition) is 6. The summed E-state index contributed by atoms with van der Waals surface area (Å²) in [7, 11) is 0. The van der Waals surface area contributed by atoms with Crippen LogP contribution in [0.15, 0.2) is 77.7 Å². The summed E-state index contributed by atoms with van der Waals surface area (Å²) in [6.07, 6.45) is 1.37. The third-order valence-electron chi connectivity index (χ3n) is 5.28. The van der Waals surface area contributed by atoms with Gasteiger partial charge in [-0.2, -0.15) is 4.98 Å². The Morgan fingerprint density at radius 1 is 0.967 bits per heavy atom. The van der Waals surface area contributed by atoms with Crippen LogP contribution in [0, 0.1) is 0 Å². The Morgan fingerprint density at radius 3 is 2.40 bits per heavy atom. The molecule has 1 aromatic heterocycles. The molecular weight excluding hydrogens is 400 g/mol. The number of ether oxygens (including phenoxy) is 3. The Balaban J connectivity index is 1.30. The van der Waals surface area contributed by atoms with Crippen LogP contribution in [0.2, 0.25) is 0 Å². The average Bonchev–Trinajstić information content (AvgIpc) is 3.29. The first-order valence-electron chi connectivity index (χ1n) is 9.96. The highest BCUT2D eigenvalue weighted by molar-refractivity contribution is 8.00. The normalized spacial score (nSPS) is 24.3. The Kier molecular flexibility index (Phi) is 5.57. The molecule has 30 heavy (non-hydrogen) atoms. The standard InChI is InChI=1S/C23H22N2O4S/c26-19-11-12-25-22-21(29-23(25)24-19)20(28-14-17-9-5-2-6-10-17)18(30-22)15-27-13-16-7-3-1-4-8-16/h1-12,18,20-22H,13-15H2/t18-,20-,21-,22+/m1/s1. The highest BCUT2D eigenvalue weighted by atomic mass is 32.2. The topological polar surface area (TPSA) is 62.6 Å². The minimum Gasteiger partial charge on any atom is -0.455 e. The first-order valence-corrected chi connectivity index (χ1v) is 10.9. The van der Waals surface area contributed by atoms with Gasteiger partial charge in [0.15, 0.2) is 6.10 Å². The maximum atomic E-state index is 11.6. The molecule has 2 aromatic carbocycles. The van der Waals surface area contributed by atoms with Gasteiger partial charge in [0, 0.05) is 12.3 Å². The van der Waals surface area contributed by atoms with E-state index in [0.29, 0.717) is 25.8 Å². The van der Waals surface area contributed by atoms with Crippen LogP contribution in [0.1, 0.15) is 16.5 Å². The summed E-state index contributed by atoms with van der Waals surface area (Å²) in [4.78, 5) is 15.6. The highest BCUT2D eigenvalue weighted by Gasteiger charge is 2.52. The van der Waals surface area contributed by atoms with E-state index in [4.69, 9.17) is 14.2 Å². The molecule has 2 aliphatic rings. The molecule has 0 spiro atoms. The SMILES string of the molecule is O=c1ccn2c(n1)O[C@@H]1[C@H](OCc3ccccc3)[C@@H](COCc3ccccc3)S[C@@H]12. The van der Waals surface area contributed by atoms with Crippen LogP contribution in [0.25, 0.3) is 0 Å². The molecule has 0 N–H and O–H groups in total. The smallest absolute Gasteiger partial charge is 0.301 e. The third-order valence-corrected chi connectivity index (χ3v) is 6.81. The maximum Gasteiger partial charge on any atom is 0.301 e. The van der Waals surface area contributed by atoms with Gasteiger partial charge >= 0.3 is 6.01 Å². The predicted molar refractivity (Wildman–Crippen MR) is 114 cm³/mol. The molecule has 5 rings (SSSR count).